The van der Waals surface area contributed by atoms with E-state index >= 15 is 0 Å². The summed E-state index contributed by atoms with van der Waals surface area (Å²) in [4.78, 5) is 12.4. The molecule has 0 atom stereocenters. The second kappa shape index (κ2) is 11.8. The summed E-state index contributed by atoms with van der Waals surface area (Å²) in [7, 11) is 1.50. The van der Waals surface area contributed by atoms with Gasteiger partial charge in [0.15, 0.2) is 23.0 Å². The first-order valence-electron chi connectivity index (χ1n) is 9.21. The first-order chi connectivity index (χ1) is 14.6. The van der Waals surface area contributed by atoms with Crippen LogP contribution in [0, 0.1) is 12.3 Å². The van der Waals surface area contributed by atoms with Gasteiger partial charge in [0.1, 0.15) is 13.2 Å². The Kier molecular flexibility index (Phi) is 8.81. The number of hydrogen-bond donors (Lipinski definition) is 1. The molecule has 7 nitrogen and oxygen atoms in total. The van der Waals surface area contributed by atoms with Crippen molar-refractivity contribution in [3.63, 3.8) is 0 Å². The number of rotatable bonds is 11. The lowest BCUT2D eigenvalue weighted by Gasteiger charge is -2.11. The molecule has 0 unspecified atom stereocenters. The number of hydrazone groups is 1. The van der Waals surface area contributed by atoms with Gasteiger partial charge < -0.3 is 18.9 Å². The van der Waals surface area contributed by atoms with E-state index in [0.29, 0.717) is 41.8 Å². The van der Waals surface area contributed by atoms with E-state index < -0.39 is 0 Å². The fraction of sp³-hybridized carbons (Fsp3) is 0.217. The molecule has 0 heterocycles. The van der Waals surface area contributed by atoms with Crippen LogP contribution in [0.2, 0.25) is 0 Å². The van der Waals surface area contributed by atoms with Crippen LogP contribution in [-0.2, 0) is 0 Å². The van der Waals surface area contributed by atoms with Crippen LogP contribution >= 0.6 is 0 Å². The van der Waals surface area contributed by atoms with Crippen molar-refractivity contribution in [1.29, 1.82) is 0 Å². The summed E-state index contributed by atoms with van der Waals surface area (Å²) >= 11 is 0. The molecule has 0 saturated carbocycles. The van der Waals surface area contributed by atoms with Crippen molar-refractivity contribution >= 4 is 12.1 Å². The molecule has 0 aliphatic heterocycles. The summed E-state index contributed by atoms with van der Waals surface area (Å²) in [6.07, 6.45) is 8.35. The van der Waals surface area contributed by atoms with E-state index in [1.54, 1.807) is 42.5 Å². The largest absolute Gasteiger partial charge is 0.493 e. The summed E-state index contributed by atoms with van der Waals surface area (Å²) in [6.45, 7) is 6.42. The number of ether oxygens (including phenoxy) is 4. The van der Waals surface area contributed by atoms with Gasteiger partial charge in [0.2, 0.25) is 0 Å². The molecule has 2 aromatic carbocycles. The highest BCUT2D eigenvalue weighted by atomic mass is 16.5. The van der Waals surface area contributed by atoms with Gasteiger partial charge in [-0.2, -0.15) is 5.10 Å². The third-order valence-electron chi connectivity index (χ3n) is 3.74. The number of carbonyl (C=O) groups excluding carboxylic acids is 1. The van der Waals surface area contributed by atoms with Gasteiger partial charge >= 0.3 is 0 Å². The number of carbonyl (C=O) groups is 1. The molecule has 2 aromatic rings. The molecule has 0 spiro atoms. The number of methoxy groups -OCH3 is 1. The maximum Gasteiger partial charge on any atom is 0.271 e. The van der Waals surface area contributed by atoms with Crippen molar-refractivity contribution in [2.75, 3.05) is 26.9 Å². The lowest BCUT2D eigenvalue weighted by atomic mass is 10.2. The zero-order chi connectivity index (χ0) is 21.8. The molecule has 0 radical (unpaired) electrons. The minimum Gasteiger partial charge on any atom is -0.493 e. The lowest BCUT2D eigenvalue weighted by molar-refractivity contribution is 0.0954. The van der Waals surface area contributed by atoms with Crippen LogP contribution in [0.15, 0.2) is 54.2 Å². The molecule has 0 fully saturated rings. The summed E-state index contributed by atoms with van der Waals surface area (Å²) in [5.41, 5.74) is 3.58. The molecule has 0 aromatic heterocycles. The van der Waals surface area contributed by atoms with Gasteiger partial charge in [0.25, 0.3) is 5.91 Å². The van der Waals surface area contributed by atoms with Gasteiger partial charge in [0, 0.05) is 5.56 Å². The molecule has 0 aliphatic carbocycles. The smallest absolute Gasteiger partial charge is 0.271 e. The van der Waals surface area contributed by atoms with Crippen LogP contribution in [0.1, 0.15) is 22.8 Å². The Morgan fingerprint density at radius 2 is 1.90 bits per heavy atom. The highest BCUT2D eigenvalue weighted by molar-refractivity contribution is 5.95. The molecule has 0 saturated heterocycles. The molecule has 1 amide bonds. The van der Waals surface area contributed by atoms with Crippen molar-refractivity contribution in [2.45, 2.75) is 6.92 Å². The summed E-state index contributed by atoms with van der Waals surface area (Å²) in [6, 6.07) is 10.1. The Balaban J connectivity index is 2.07. The zero-order valence-corrected chi connectivity index (χ0v) is 17.0. The second-order valence-corrected chi connectivity index (χ2v) is 5.80. The Hall–Kier alpha value is -3.92. The minimum atomic E-state index is -0.390. The minimum absolute atomic E-state index is 0.143. The van der Waals surface area contributed by atoms with Gasteiger partial charge in [-0.15, -0.1) is 6.42 Å². The third kappa shape index (κ3) is 6.31. The molecule has 7 heteroatoms. The Morgan fingerprint density at radius 1 is 1.13 bits per heavy atom. The fourth-order valence-corrected chi connectivity index (χ4v) is 2.42. The van der Waals surface area contributed by atoms with Crippen LogP contribution in [0.5, 0.6) is 23.0 Å². The van der Waals surface area contributed by atoms with E-state index in [4.69, 9.17) is 25.4 Å². The topological polar surface area (TPSA) is 78.4 Å². The number of nitrogens with zero attached hydrogens (tertiary/aromatic N) is 1. The number of hydrogen-bond acceptors (Lipinski definition) is 6. The van der Waals surface area contributed by atoms with Crippen LogP contribution in [-0.4, -0.2) is 39.1 Å². The molecule has 2 rings (SSSR count). The van der Waals surface area contributed by atoms with Crippen molar-refractivity contribution in [3.05, 3.63) is 60.2 Å². The van der Waals surface area contributed by atoms with Crippen molar-refractivity contribution in [2.24, 2.45) is 5.10 Å². The molecule has 0 aliphatic rings. The van der Waals surface area contributed by atoms with Gasteiger partial charge in [-0.1, -0.05) is 18.6 Å². The maximum absolute atomic E-state index is 12.4. The van der Waals surface area contributed by atoms with E-state index in [9.17, 15) is 4.79 Å². The maximum atomic E-state index is 12.4. The van der Waals surface area contributed by atoms with Crippen molar-refractivity contribution < 1.29 is 23.7 Å². The number of terminal acetylenes is 1. The normalized spacial score (nSPS) is 10.2. The van der Waals surface area contributed by atoms with Crippen LogP contribution < -0.4 is 24.4 Å². The fourth-order valence-electron chi connectivity index (χ4n) is 2.42. The first kappa shape index (κ1) is 22.4. The average molecular weight is 408 g/mol. The van der Waals surface area contributed by atoms with Gasteiger partial charge in [-0.05, 0) is 48.9 Å². The molecule has 30 heavy (non-hydrogen) atoms. The average Bonchev–Trinajstić information content (AvgIpc) is 2.77. The van der Waals surface area contributed by atoms with E-state index in [2.05, 4.69) is 23.0 Å². The van der Waals surface area contributed by atoms with E-state index in [1.807, 2.05) is 6.92 Å². The summed E-state index contributed by atoms with van der Waals surface area (Å²) in [5.74, 6) is 4.07. The van der Waals surface area contributed by atoms with Crippen LogP contribution in [0.3, 0.4) is 0 Å². The predicted molar refractivity (Wildman–Crippen MR) is 116 cm³/mol. The Bertz CT molecular complexity index is 947. The Labute approximate surface area is 176 Å². The van der Waals surface area contributed by atoms with E-state index in [0.717, 1.165) is 5.56 Å². The third-order valence-corrected chi connectivity index (χ3v) is 3.74. The van der Waals surface area contributed by atoms with Crippen LogP contribution in [0.25, 0.3) is 0 Å². The van der Waals surface area contributed by atoms with Gasteiger partial charge in [0.05, 0.1) is 19.9 Å². The lowest BCUT2D eigenvalue weighted by Crippen LogP contribution is -2.17. The highest BCUT2D eigenvalue weighted by Gasteiger charge is 2.11. The molecule has 1 N–H and O–H groups in total. The SMILES string of the molecule is C#CCOc1ccc(/C=N/NC(=O)c2ccc(OCC=C)c(OC)c2)cc1OCC. The van der Waals surface area contributed by atoms with E-state index in [-0.39, 0.29) is 12.5 Å². The molecular weight excluding hydrogens is 384 g/mol. The Morgan fingerprint density at radius 3 is 2.60 bits per heavy atom. The first-order valence-corrected chi connectivity index (χ1v) is 9.21. The number of benzene rings is 2. The quantitative estimate of drug-likeness (QED) is 0.267. The van der Waals surface area contributed by atoms with Crippen molar-refractivity contribution in [3.8, 4) is 35.3 Å². The predicted octanol–water partition coefficient (Wildman–Crippen LogP) is 3.43. The van der Waals surface area contributed by atoms with Crippen LogP contribution in [0.4, 0.5) is 0 Å². The molecule has 0 bridgehead atoms. The van der Waals surface area contributed by atoms with Gasteiger partial charge in [-0.25, -0.2) is 5.43 Å². The zero-order valence-electron chi connectivity index (χ0n) is 17.0. The monoisotopic (exact) mass is 408 g/mol. The highest BCUT2D eigenvalue weighted by Crippen LogP contribution is 2.29. The molecule has 156 valence electrons. The summed E-state index contributed by atoms with van der Waals surface area (Å²) < 4.78 is 21.8. The van der Waals surface area contributed by atoms with Gasteiger partial charge in [-0.3, -0.25) is 4.79 Å². The second-order valence-electron chi connectivity index (χ2n) is 5.80. The standard InChI is InChI=1S/C23H24N2O5/c1-5-12-29-19-11-9-18(15-21(19)27-4)23(26)25-24-16-17-8-10-20(30-13-6-2)22(14-17)28-7-3/h2,5,8-11,14-16H,1,7,12-13H2,3-4H3,(H,25,26)/b24-16+. The number of nitrogens with one attached hydrogen (secondary N) is 1. The van der Waals surface area contributed by atoms with Crippen molar-refractivity contribution in [1.82, 2.24) is 5.43 Å². The van der Waals surface area contributed by atoms with E-state index in [1.165, 1.54) is 13.3 Å². The summed E-state index contributed by atoms with van der Waals surface area (Å²) in [5, 5.41) is 4.00. The molecular formula is C23H24N2O5. The number of amides is 1.